The molecule has 0 heterocycles. The average molecular weight is 337 g/mol. The molecule has 1 atom stereocenters. The highest BCUT2D eigenvalue weighted by atomic mass is 35.5. The second-order valence-corrected chi connectivity index (χ2v) is 7.51. The molecule has 0 bridgehead atoms. The third-order valence-electron chi connectivity index (χ3n) is 3.76. The molecule has 6 heteroatoms. The largest absolute Gasteiger partial charge is 0.507 e. The zero-order chi connectivity index (χ0) is 15.7. The molecule has 0 amide bonds. The van der Waals surface area contributed by atoms with Crippen molar-refractivity contribution < 1.29 is 13.5 Å². The second kappa shape index (κ2) is 5.91. The number of phenolic OH excluding ortho intramolecular Hbond substituents is 1. The maximum absolute atomic E-state index is 12.4. The Bertz CT molecular complexity index is 788. The van der Waals surface area contributed by atoms with Gasteiger partial charge in [0.25, 0.3) is 0 Å². The van der Waals surface area contributed by atoms with Crippen molar-refractivity contribution >= 4 is 21.6 Å². The number of fused-ring (bicyclic) bond motifs is 1. The molecule has 0 aromatic heterocycles. The van der Waals surface area contributed by atoms with Crippen LogP contribution >= 0.6 is 11.6 Å². The SMILES string of the molecule is O=S(=O)(NC1CCc2[c]c(O)ccc2C1)c1ccc(Cl)cc1. The molecule has 2 aromatic carbocycles. The van der Waals surface area contributed by atoms with Gasteiger partial charge in [0.05, 0.1) is 4.90 Å². The van der Waals surface area contributed by atoms with Crippen molar-refractivity contribution in [2.75, 3.05) is 0 Å². The van der Waals surface area contributed by atoms with E-state index in [0.717, 1.165) is 11.1 Å². The summed E-state index contributed by atoms with van der Waals surface area (Å²) in [6.45, 7) is 0. The van der Waals surface area contributed by atoms with E-state index < -0.39 is 10.0 Å². The predicted octanol–water partition coefficient (Wildman–Crippen LogP) is 2.68. The maximum atomic E-state index is 12.4. The Hall–Kier alpha value is -1.56. The summed E-state index contributed by atoms with van der Waals surface area (Å²) in [5.41, 5.74) is 1.98. The summed E-state index contributed by atoms with van der Waals surface area (Å²) in [6.07, 6.45) is 1.97. The highest BCUT2D eigenvalue weighted by molar-refractivity contribution is 7.89. The standard InChI is InChI=1S/C16H15ClNO3S/c17-13-3-7-16(8-4-13)22(20,21)18-14-5-1-12-10-15(19)6-2-11(12)9-14/h2-4,6-8,14,18-19H,1,5,9H2. The molecule has 1 aliphatic carbocycles. The molecule has 0 spiro atoms. The van der Waals surface area contributed by atoms with Crippen molar-refractivity contribution in [2.24, 2.45) is 0 Å². The highest BCUT2D eigenvalue weighted by Crippen LogP contribution is 2.25. The molecule has 115 valence electrons. The first-order valence-electron chi connectivity index (χ1n) is 6.95. The summed E-state index contributed by atoms with van der Waals surface area (Å²) >= 11 is 5.78. The Balaban J connectivity index is 1.76. The van der Waals surface area contributed by atoms with E-state index in [1.807, 2.05) is 6.07 Å². The van der Waals surface area contributed by atoms with Gasteiger partial charge in [0.15, 0.2) is 0 Å². The number of hydrogen-bond acceptors (Lipinski definition) is 3. The molecule has 3 rings (SSSR count). The Kier molecular flexibility index (Phi) is 4.12. The second-order valence-electron chi connectivity index (χ2n) is 5.36. The summed E-state index contributed by atoms with van der Waals surface area (Å²) in [5, 5.41) is 9.93. The Morgan fingerprint density at radius 3 is 2.64 bits per heavy atom. The molecule has 1 unspecified atom stereocenters. The van der Waals surface area contributed by atoms with Gasteiger partial charge in [-0.25, -0.2) is 13.1 Å². The van der Waals surface area contributed by atoms with Crippen LogP contribution in [0.15, 0.2) is 41.3 Å². The van der Waals surface area contributed by atoms with E-state index >= 15 is 0 Å². The lowest BCUT2D eigenvalue weighted by molar-refractivity contribution is 0.468. The van der Waals surface area contributed by atoms with Crippen molar-refractivity contribution in [3.05, 3.63) is 58.6 Å². The summed E-state index contributed by atoms with van der Waals surface area (Å²) in [4.78, 5) is 0.208. The van der Waals surface area contributed by atoms with Gasteiger partial charge in [-0.15, -0.1) is 0 Å². The summed E-state index contributed by atoms with van der Waals surface area (Å²) in [7, 11) is -3.56. The topological polar surface area (TPSA) is 66.4 Å². The first-order valence-corrected chi connectivity index (χ1v) is 8.81. The first kappa shape index (κ1) is 15.3. The molecule has 22 heavy (non-hydrogen) atoms. The van der Waals surface area contributed by atoms with Gasteiger partial charge in [0, 0.05) is 17.1 Å². The number of rotatable bonds is 3. The fourth-order valence-electron chi connectivity index (χ4n) is 2.66. The predicted molar refractivity (Wildman–Crippen MR) is 84.5 cm³/mol. The molecule has 4 nitrogen and oxygen atoms in total. The third-order valence-corrected chi connectivity index (χ3v) is 5.55. The smallest absolute Gasteiger partial charge is 0.240 e. The van der Waals surface area contributed by atoms with Gasteiger partial charge < -0.3 is 5.11 Å². The average Bonchev–Trinajstić information content (AvgIpc) is 2.47. The van der Waals surface area contributed by atoms with Gasteiger partial charge in [-0.05, 0) is 60.7 Å². The number of phenols is 1. The molecule has 0 saturated carbocycles. The number of benzene rings is 2. The number of halogens is 1. The third kappa shape index (κ3) is 3.27. The summed E-state index contributed by atoms with van der Waals surface area (Å²) in [5.74, 6) is 0.124. The van der Waals surface area contributed by atoms with Crippen LogP contribution < -0.4 is 4.72 Å². The Labute approximate surface area is 134 Å². The number of aromatic hydroxyl groups is 1. The van der Waals surface area contributed by atoms with E-state index in [2.05, 4.69) is 10.8 Å². The van der Waals surface area contributed by atoms with E-state index in [4.69, 9.17) is 11.6 Å². The van der Waals surface area contributed by atoms with Gasteiger partial charge >= 0.3 is 0 Å². The van der Waals surface area contributed by atoms with Crippen LogP contribution in [0.3, 0.4) is 0 Å². The van der Waals surface area contributed by atoms with Crippen LogP contribution in [-0.2, 0) is 22.9 Å². The van der Waals surface area contributed by atoms with Gasteiger partial charge in [-0.1, -0.05) is 17.7 Å². The molecule has 1 radical (unpaired) electrons. The van der Waals surface area contributed by atoms with Gasteiger partial charge in [0.1, 0.15) is 5.75 Å². The van der Waals surface area contributed by atoms with Crippen LogP contribution in [0.4, 0.5) is 0 Å². The van der Waals surface area contributed by atoms with Crippen LogP contribution in [0.2, 0.25) is 5.02 Å². The lowest BCUT2D eigenvalue weighted by atomic mass is 9.89. The molecule has 0 saturated heterocycles. The maximum Gasteiger partial charge on any atom is 0.240 e. The summed E-state index contributed by atoms with van der Waals surface area (Å²) in [6, 6.07) is 12.3. The van der Waals surface area contributed by atoms with Crippen LogP contribution in [-0.4, -0.2) is 19.6 Å². The van der Waals surface area contributed by atoms with Crippen LogP contribution in [0.5, 0.6) is 5.75 Å². The fourth-order valence-corrected chi connectivity index (χ4v) is 4.06. The lowest BCUT2D eigenvalue weighted by Gasteiger charge is -2.25. The van der Waals surface area contributed by atoms with Gasteiger partial charge in [-0.3, -0.25) is 0 Å². The van der Waals surface area contributed by atoms with Crippen LogP contribution in [0.1, 0.15) is 17.5 Å². The van der Waals surface area contributed by atoms with Crippen LogP contribution in [0, 0.1) is 6.07 Å². The normalized spacial score (nSPS) is 18.0. The van der Waals surface area contributed by atoms with E-state index in [1.54, 1.807) is 18.2 Å². The van der Waals surface area contributed by atoms with Crippen molar-refractivity contribution in [3.8, 4) is 5.75 Å². The van der Waals surface area contributed by atoms with Gasteiger partial charge in [0.2, 0.25) is 10.0 Å². The Morgan fingerprint density at radius 2 is 1.91 bits per heavy atom. The van der Waals surface area contributed by atoms with E-state index in [9.17, 15) is 13.5 Å². The minimum absolute atomic E-state index is 0.124. The fraction of sp³-hybridized carbons (Fsp3) is 0.250. The van der Waals surface area contributed by atoms with Gasteiger partial charge in [-0.2, -0.15) is 0 Å². The number of aryl methyl sites for hydroxylation is 1. The minimum Gasteiger partial charge on any atom is -0.507 e. The Morgan fingerprint density at radius 1 is 1.18 bits per heavy atom. The minimum atomic E-state index is -3.56. The molecule has 2 N–H and O–H groups in total. The van der Waals surface area contributed by atoms with Crippen molar-refractivity contribution in [1.29, 1.82) is 0 Å². The van der Waals surface area contributed by atoms with E-state index in [-0.39, 0.29) is 16.7 Å². The zero-order valence-corrected chi connectivity index (χ0v) is 13.3. The first-order chi connectivity index (χ1) is 10.4. The van der Waals surface area contributed by atoms with Crippen LogP contribution in [0.25, 0.3) is 0 Å². The monoisotopic (exact) mass is 336 g/mol. The van der Waals surface area contributed by atoms with Crippen molar-refractivity contribution in [3.63, 3.8) is 0 Å². The number of hydrogen-bond donors (Lipinski definition) is 2. The number of nitrogens with one attached hydrogen (secondary N) is 1. The van der Waals surface area contributed by atoms with Crippen molar-refractivity contribution in [2.45, 2.75) is 30.2 Å². The molecule has 2 aromatic rings. The van der Waals surface area contributed by atoms with E-state index in [0.29, 0.717) is 24.3 Å². The lowest BCUT2D eigenvalue weighted by Crippen LogP contribution is -2.38. The molecule has 0 aliphatic heterocycles. The molecular formula is C16H15ClNO3S. The summed E-state index contributed by atoms with van der Waals surface area (Å²) < 4.78 is 27.5. The van der Waals surface area contributed by atoms with Crippen molar-refractivity contribution in [1.82, 2.24) is 4.72 Å². The molecule has 0 fully saturated rings. The quantitative estimate of drug-likeness (QED) is 0.905. The number of sulfonamides is 1. The van der Waals surface area contributed by atoms with E-state index in [1.165, 1.54) is 12.1 Å². The zero-order valence-electron chi connectivity index (χ0n) is 11.7. The molecule has 1 aliphatic rings. The molecular weight excluding hydrogens is 322 g/mol. The highest BCUT2D eigenvalue weighted by Gasteiger charge is 2.24.